The number of likely N-dealkylation sites (N-methyl/N-ethyl adjacent to an activating group) is 7. The largest absolute Gasteiger partial charge is 0.397 e. The quantitative estimate of drug-likeness (QED) is 0.175. The summed E-state index contributed by atoms with van der Waals surface area (Å²) in [5.41, 5.74) is -2.35. The SMILES string of the molecule is CCO[C@@H]1C[C@H]2C(=O)NC3(CCC3)C(=O)N(C)[C@@H](C3CCCC3)C(=O)N(C)[C@H](C(=O)N(C)C)CC(=O)N(C)[C@@H](CC(C)(C)C)C(=O)N[C@@H]([C@@H](C)CC)C(=O)N(C)CC(=O)N(C)[C@H]3CCCCN(C3=O)[C@@H](CC3CCC(C(F)(F)F)CC3)C(=O)N(C)CC(=O)N[C@@H](CCC3CC(F)C(C(F)(F)F)C(F)C3)C(=O)N2C1. The Balaban J connectivity index is 1.32. The van der Waals surface area contributed by atoms with Gasteiger partial charge in [0.15, 0.2) is 0 Å². The lowest BCUT2D eigenvalue weighted by Gasteiger charge is -2.46. The molecule has 2 unspecified atom stereocenters. The van der Waals surface area contributed by atoms with E-state index in [2.05, 4.69) is 16.0 Å². The summed E-state index contributed by atoms with van der Waals surface area (Å²) in [6, 6.07) is -11.3. The molecule has 25 nitrogen and oxygen atoms in total. The zero-order valence-electron chi connectivity index (χ0n) is 65.5. The summed E-state index contributed by atoms with van der Waals surface area (Å²) in [5, 5.41) is 8.43. The second-order valence-corrected chi connectivity index (χ2v) is 33.3. The molecule has 12 atom stereocenters. The van der Waals surface area contributed by atoms with Crippen LogP contribution in [0, 0.1) is 40.9 Å². The normalized spacial score (nSPS) is 31.8. The van der Waals surface area contributed by atoms with Crippen LogP contribution in [0.5, 0.6) is 0 Å². The Labute approximate surface area is 630 Å². The number of amides is 12. The van der Waals surface area contributed by atoms with Crippen LogP contribution in [-0.4, -0.2) is 289 Å². The second kappa shape index (κ2) is 36.9. The van der Waals surface area contributed by atoms with E-state index in [1.807, 2.05) is 20.8 Å². The minimum absolute atomic E-state index is 0.00778. The standard InChI is InChI=1S/C75H118F8N12O13/c1-15-43(3)61-69(105)89(10)42-59(98)90(11)52-24-19-20-33-94(68(52)104)55(36-44-25-28-47(29-26-44)74(78,79)80)67(103)88(9)41-57(96)84-51(30-27-45-34-49(76)60(50(77)35-45)75(81,82)83)65(101)95-40-48(108-16-2)37-53(95)64(100)86-73(31-21-32-73)71(107)93(14)62(46-22-17-18-23-46)70(106)92(13)54(66(102)87(7)8)38-58(97)91(12)56(63(99)85-61)39-72(4,5)6/h43-56,60-62H,15-42H2,1-14H3,(H,84,96)(H,85,99)(H,86,100)/t43-,44?,45?,47?,48+,49?,50?,51-,52-,53-,54-,55-,56-,60?,61-,62-/m0/s1. The van der Waals surface area contributed by atoms with Gasteiger partial charge >= 0.3 is 12.4 Å². The van der Waals surface area contributed by atoms with Crippen LogP contribution in [0.1, 0.15) is 189 Å². The number of rotatable bonds is 12. The van der Waals surface area contributed by atoms with Crippen LogP contribution in [0.2, 0.25) is 0 Å². The van der Waals surface area contributed by atoms with E-state index < -0.39 is 235 Å². The minimum Gasteiger partial charge on any atom is -0.377 e. The fourth-order valence-electron chi connectivity index (χ4n) is 17.2. The van der Waals surface area contributed by atoms with Gasteiger partial charge in [-0.05, 0) is 152 Å². The molecule has 4 aliphatic carbocycles. The van der Waals surface area contributed by atoms with Crippen molar-refractivity contribution in [3.63, 3.8) is 0 Å². The summed E-state index contributed by atoms with van der Waals surface area (Å²) in [5.74, 6) is -16.7. The van der Waals surface area contributed by atoms with E-state index in [1.165, 1.54) is 76.0 Å². The molecule has 2 bridgehead atoms. The van der Waals surface area contributed by atoms with Gasteiger partial charge in [0.2, 0.25) is 70.9 Å². The van der Waals surface area contributed by atoms with Crippen molar-refractivity contribution in [3.8, 4) is 0 Å². The molecule has 12 amide bonds. The highest BCUT2D eigenvalue weighted by Gasteiger charge is 2.56. The molecule has 3 aliphatic heterocycles. The van der Waals surface area contributed by atoms with Crippen molar-refractivity contribution < 1.29 is 97.4 Å². The average Bonchev–Trinajstić information content (AvgIpc) is 1.14. The van der Waals surface area contributed by atoms with Crippen molar-refractivity contribution >= 4 is 70.9 Å². The van der Waals surface area contributed by atoms with Crippen molar-refractivity contribution in [2.24, 2.45) is 40.9 Å². The minimum atomic E-state index is -5.21. The molecule has 3 heterocycles. The molecule has 7 rings (SSSR count). The summed E-state index contributed by atoms with van der Waals surface area (Å²) in [4.78, 5) is 191. The fraction of sp³-hybridized carbons (Fsp3) is 0.840. The number of fused-ring (bicyclic) bond motifs is 3. The van der Waals surface area contributed by atoms with Gasteiger partial charge in [0.05, 0.1) is 31.5 Å². The number of nitrogens with zero attached hydrogens (tertiary/aromatic N) is 9. The van der Waals surface area contributed by atoms with Gasteiger partial charge in [0.25, 0.3) is 0 Å². The zero-order chi connectivity index (χ0) is 80.6. The number of ether oxygens (including phenoxy) is 1. The molecule has 7 aliphatic rings. The summed E-state index contributed by atoms with van der Waals surface area (Å²) in [6.45, 7) is 8.89. The van der Waals surface area contributed by atoms with Crippen LogP contribution in [-0.2, 0) is 62.3 Å². The summed E-state index contributed by atoms with van der Waals surface area (Å²) in [6.07, 6.45) is -15.9. The Hall–Kier alpha value is -6.96. The Kier molecular flexibility index (Phi) is 30.2. The van der Waals surface area contributed by atoms with Crippen molar-refractivity contribution in [3.05, 3.63) is 0 Å². The number of hydrogen-bond acceptors (Lipinski definition) is 13. The maximum absolute atomic E-state index is 15.5. The molecule has 1 spiro atoms. The third kappa shape index (κ3) is 21.4. The molecule has 3 saturated heterocycles. The smallest absolute Gasteiger partial charge is 0.377 e. The maximum atomic E-state index is 15.5. The molecule has 0 radical (unpaired) electrons. The Morgan fingerprint density at radius 1 is 0.611 bits per heavy atom. The first-order chi connectivity index (χ1) is 50.4. The first-order valence-electron chi connectivity index (χ1n) is 38.7. The third-order valence-corrected chi connectivity index (χ3v) is 24.1. The van der Waals surface area contributed by atoms with Crippen molar-refractivity contribution in [2.45, 2.75) is 274 Å². The van der Waals surface area contributed by atoms with Gasteiger partial charge < -0.3 is 64.8 Å². The highest BCUT2D eigenvalue weighted by atomic mass is 19.4. The van der Waals surface area contributed by atoms with Crippen LogP contribution in [0.3, 0.4) is 0 Å². The number of carbonyl (C=O) groups is 12. The van der Waals surface area contributed by atoms with E-state index in [0.29, 0.717) is 44.9 Å². The molecule has 33 heteroatoms. The summed E-state index contributed by atoms with van der Waals surface area (Å²) < 4.78 is 121. The molecular formula is C75H118F8N12O13. The summed E-state index contributed by atoms with van der Waals surface area (Å²) >= 11 is 0. The van der Waals surface area contributed by atoms with Gasteiger partial charge in [-0.15, -0.1) is 0 Å². The van der Waals surface area contributed by atoms with E-state index in [0.717, 1.165) is 24.5 Å². The lowest BCUT2D eigenvalue weighted by atomic mass is 9.74. The fourth-order valence-corrected chi connectivity index (χ4v) is 17.2. The van der Waals surface area contributed by atoms with Crippen molar-refractivity contribution in [2.75, 3.05) is 89.2 Å². The first-order valence-corrected chi connectivity index (χ1v) is 38.7. The van der Waals surface area contributed by atoms with Crippen molar-refractivity contribution in [1.82, 2.24) is 60.0 Å². The number of nitrogens with one attached hydrogen (secondary N) is 3. The van der Waals surface area contributed by atoms with Crippen LogP contribution in [0.25, 0.3) is 0 Å². The molecule has 0 aromatic carbocycles. The molecule has 4 saturated carbocycles. The number of alkyl halides is 8. The van der Waals surface area contributed by atoms with Gasteiger partial charge in [0, 0.05) is 82.5 Å². The Morgan fingerprint density at radius 2 is 1.21 bits per heavy atom. The Morgan fingerprint density at radius 3 is 1.76 bits per heavy atom. The van der Waals surface area contributed by atoms with Crippen molar-refractivity contribution in [1.29, 1.82) is 0 Å². The van der Waals surface area contributed by atoms with E-state index in [4.69, 9.17) is 4.74 Å². The van der Waals surface area contributed by atoms with E-state index in [-0.39, 0.29) is 96.7 Å². The van der Waals surface area contributed by atoms with Crippen LogP contribution >= 0.6 is 0 Å². The zero-order valence-corrected chi connectivity index (χ0v) is 65.5. The van der Waals surface area contributed by atoms with Gasteiger partial charge in [-0.25, -0.2) is 8.78 Å². The highest BCUT2D eigenvalue weighted by Crippen LogP contribution is 2.46. The molecule has 0 aromatic heterocycles. The topological polar surface area (TPSA) is 279 Å². The number of halogens is 8. The van der Waals surface area contributed by atoms with Gasteiger partial charge in [-0.2, -0.15) is 26.3 Å². The van der Waals surface area contributed by atoms with E-state index in [9.17, 15) is 45.5 Å². The molecule has 3 N–H and O–H groups in total. The van der Waals surface area contributed by atoms with Gasteiger partial charge in [-0.3, -0.25) is 57.5 Å². The molecular weight excluding hydrogens is 1430 g/mol. The first kappa shape index (κ1) is 88.3. The maximum Gasteiger partial charge on any atom is 0.397 e. The van der Waals surface area contributed by atoms with Gasteiger partial charge in [0.1, 0.15) is 72.1 Å². The Bertz CT molecular complexity index is 3200. The predicted octanol–water partition coefficient (Wildman–Crippen LogP) is 6.57. The predicted molar refractivity (Wildman–Crippen MR) is 381 cm³/mol. The summed E-state index contributed by atoms with van der Waals surface area (Å²) in [7, 11) is 10.9. The molecule has 108 heavy (non-hydrogen) atoms. The molecule has 612 valence electrons. The molecule has 0 aromatic rings. The lowest BCUT2D eigenvalue weighted by Crippen LogP contribution is -2.68. The van der Waals surface area contributed by atoms with Crippen LogP contribution in [0.4, 0.5) is 35.1 Å². The molecule has 7 fully saturated rings. The monoisotopic (exact) mass is 1550 g/mol. The van der Waals surface area contributed by atoms with Crippen LogP contribution in [0.15, 0.2) is 0 Å². The van der Waals surface area contributed by atoms with E-state index >= 15 is 47.1 Å². The number of hydrogen-bond donors (Lipinski definition) is 3. The highest BCUT2D eigenvalue weighted by molar-refractivity contribution is 6.01. The van der Waals surface area contributed by atoms with Crippen LogP contribution < -0.4 is 16.0 Å². The third-order valence-electron chi connectivity index (χ3n) is 24.1. The van der Waals surface area contributed by atoms with Gasteiger partial charge in [-0.1, -0.05) is 53.9 Å². The second-order valence-electron chi connectivity index (χ2n) is 33.3. The average molecular weight is 1550 g/mol. The lowest BCUT2D eigenvalue weighted by molar-refractivity contribution is -0.219. The van der Waals surface area contributed by atoms with E-state index in [1.54, 1.807) is 20.8 Å². The number of carbonyl (C=O) groups excluding carboxylic acids is 12.